The van der Waals surface area contributed by atoms with Gasteiger partial charge in [0.25, 0.3) is 10.0 Å². The van der Waals surface area contributed by atoms with Crippen molar-refractivity contribution in [3.63, 3.8) is 0 Å². The Morgan fingerprint density at radius 2 is 1.62 bits per heavy atom. The molecular formula is C12H8BrCl3N2O2S. The third-order valence-electron chi connectivity index (χ3n) is 2.52. The van der Waals surface area contributed by atoms with E-state index in [0.29, 0.717) is 4.47 Å². The summed E-state index contributed by atoms with van der Waals surface area (Å²) in [7, 11) is -3.89. The van der Waals surface area contributed by atoms with Crippen LogP contribution in [0, 0.1) is 0 Å². The summed E-state index contributed by atoms with van der Waals surface area (Å²) in [5, 5.41) is 0.541. The Balaban J connectivity index is 2.45. The zero-order chi connectivity index (χ0) is 15.8. The van der Waals surface area contributed by atoms with Gasteiger partial charge in [0.1, 0.15) is 4.90 Å². The maximum atomic E-state index is 12.3. The van der Waals surface area contributed by atoms with Crippen molar-refractivity contribution in [3.8, 4) is 0 Å². The first-order valence-electron chi connectivity index (χ1n) is 5.43. The van der Waals surface area contributed by atoms with Crippen molar-refractivity contribution in [1.29, 1.82) is 0 Å². The molecular weight excluding hydrogens is 422 g/mol. The molecule has 2 aromatic carbocycles. The number of rotatable bonds is 3. The molecule has 0 aliphatic carbocycles. The van der Waals surface area contributed by atoms with Crippen molar-refractivity contribution in [3.05, 3.63) is 49.9 Å². The highest BCUT2D eigenvalue weighted by Crippen LogP contribution is 2.34. The molecule has 0 heterocycles. The smallest absolute Gasteiger partial charge is 0.263 e. The first-order valence-corrected chi connectivity index (χ1v) is 8.84. The van der Waals surface area contributed by atoms with Crippen LogP contribution in [-0.4, -0.2) is 8.42 Å². The second-order valence-corrected chi connectivity index (χ2v) is 7.82. The number of hydrogen-bond donors (Lipinski definition) is 2. The second kappa shape index (κ2) is 6.22. The topological polar surface area (TPSA) is 72.2 Å². The summed E-state index contributed by atoms with van der Waals surface area (Å²) in [6, 6.07) is 7.13. The molecule has 0 unspecified atom stereocenters. The molecule has 0 saturated heterocycles. The van der Waals surface area contributed by atoms with Crippen molar-refractivity contribution < 1.29 is 8.42 Å². The number of anilines is 2. The van der Waals surface area contributed by atoms with E-state index in [1.165, 1.54) is 24.3 Å². The van der Waals surface area contributed by atoms with Crippen LogP contribution in [0.4, 0.5) is 11.4 Å². The molecule has 0 amide bonds. The van der Waals surface area contributed by atoms with Gasteiger partial charge in [0.2, 0.25) is 0 Å². The molecule has 0 fully saturated rings. The summed E-state index contributed by atoms with van der Waals surface area (Å²) in [6.45, 7) is 0. The Labute approximate surface area is 145 Å². The normalized spacial score (nSPS) is 11.4. The summed E-state index contributed by atoms with van der Waals surface area (Å²) in [6.07, 6.45) is 0. The van der Waals surface area contributed by atoms with Gasteiger partial charge in [-0.15, -0.1) is 0 Å². The highest BCUT2D eigenvalue weighted by molar-refractivity contribution is 9.10. The molecule has 2 aromatic rings. The van der Waals surface area contributed by atoms with Crippen LogP contribution < -0.4 is 10.5 Å². The van der Waals surface area contributed by atoms with Crippen molar-refractivity contribution in [1.82, 2.24) is 0 Å². The zero-order valence-corrected chi connectivity index (χ0v) is 14.9. The molecule has 0 bridgehead atoms. The van der Waals surface area contributed by atoms with Gasteiger partial charge in [-0.1, -0.05) is 50.7 Å². The lowest BCUT2D eigenvalue weighted by atomic mass is 10.3. The summed E-state index contributed by atoms with van der Waals surface area (Å²) < 4.78 is 27.7. The summed E-state index contributed by atoms with van der Waals surface area (Å²) in [5.41, 5.74) is 5.95. The quantitative estimate of drug-likeness (QED) is 0.543. The lowest BCUT2D eigenvalue weighted by molar-refractivity contribution is 0.601. The fourth-order valence-corrected chi connectivity index (χ4v) is 3.78. The van der Waals surface area contributed by atoms with E-state index in [2.05, 4.69) is 20.7 Å². The van der Waals surface area contributed by atoms with Crippen molar-refractivity contribution in [2.45, 2.75) is 4.90 Å². The highest BCUT2D eigenvalue weighted by atomic mass is 79.9. The molecule has 0 radical (unpaired) electrons. The zero-order valence-electron chi connectivity index (χ0n) is 10.2. The van der Waals surface area contributed by atoms with Gasteiger partial charge in [-0.25, -0.2) is 8.42 Å². The van der Waals surface area contributed by atoms with Gasteiger partial charge in [-0.2, -0.15) is 0 Å². The number of nitrogen functional groups attached to an aromatic ring is 1. The average Bonchev–Trinajstić information content (AvgIpc) is 2.35. The van der Waals surface area contributed by atoms with E-state index in [4.69, 9.17) is 40.5 Å². The highest BCUT2D eigenvalue weighted by Gasteiger charge is 2.19. The number of halogens is 4. The third-order valence-corrected chi connectivity index (χ3v) is 5.48. The Morgan fingerprint density at radius 1 is 1.00 bits per heavy atom. The number of nitrogens with one attached hydrogen (secondary N) is 1. The van der Waals surface area contributed by atoms with Gasteiger partial charge < -0.3 is 5.73 Å². The predicted octanol–water partition coefficient (Wildman–Crippen LogP) is 4.79. The van der Waals surface area contributed by atoms with E-state index in [-0.39, 0.29) is 31.3 Å². The van der Waals surface area contributed by atoms with Crippen LogP contribution in [0.2, 0.25) is 15.1 Å². The summed E-state index contributed by atoms with van der Waals surface area (Å²) in [4.78, 5) is -0.0622. The molecule has 9 heteroatoms. The Hall–Kier alpha value is -0.660. The molecule has 3 N–H and O–H groups in total. The molecule has 0 aliphatic rings. The van der Waals surface area contributed by atoms with E-state index in [0.717, 1.165) is 0 Å². The number of hydrogen-bond acceptors (Lipinski definition) is 3. The lowest BCUT2D eigenvalue weighted by Crippen LogP contribution is -2.15. The Kier molecular flexibility index (Phi) is 4.95. The van der Waals surface area contributed by atoms with Crippen LogP contribution in [0.15, 0.2) is 39.7 Å². The van der Waals surface area contributed by atoms with Gasteiger partial charge in [-0.3, -0.25) is 4.72 Å². The minimum absolute atomic E-state index is 0.0622. The summed E-state index contributed by atoms with van der Waals surface area (Å²) in [5.74, 6) is 0. The molecule has 21 heavy (non-hydrogen) atoms. The van der Waals surface area contributed by atoms with Gasteiger partial charge in [0, 0.05) is 4.47 Å². The SMILES string of the molecule is Nc1cc(Br)ccc1S(=O)(=O)Nc1cc(Cl)c(Cl)cc1Cl. The number of nitrogens with two attached hydrogens (primary N) is 1. The van der Waals surface area contributed by atoms with E-state index in [1.807, 2.05) is 0 Å². The maximum absolute atomic E-state index is 12.3. The first kappa shape index (κ1) is 16.7. The van der Waals surface area contributed by atoms with Crippen LogP contribution >= 0.6 is 50.7 Å². The summed E-state index contributed by atoms with van der Waals surface area (Å²) >= 11 is 20.8. The molecule has 0 atom stereocenters. The van der Waals surface area contributed by atoms with Crippen molar-refractivity contribution in [2.24, 2.45) is 0 Å². The monoisotopic (exact) mass is 428 g/mol. The van der Waals surface area contributed by atoms with E-state index in [9.17, 15) is 8.42 Å². The van der Waals surface area contributed by atoms with Crippen LogP contribution in [0.25, 0.3) is 0 Å². The molecule has 4 nitrogen and oxygen atoms in total. The van der Waals surface area contributed by atoms with E-state index < -0.39 is 10.0 Å². The fourth-order valence-electron chi connectivity index (χ4n) is 1.56. The average molecular weight is 431 g/mol. The minimum Gasteiger partial charge on any atom is -0.398 e. The lowest BCUT2D eigenvalue weighted by Gasteiger charge is -2.12. The van der Waals surface area contributed by atoms with Gasteiger partial charge >= 0.3 is 0 Å². The van der Waals surface area contributed by atoms with Crippen molar-refractivity contribution in [2.75, 3.05) is 10.5 Å². The van der Waals surface area contributed by atoms with Gasteiger partial charge in [-0.05, 0) is 30.3 Å². The molecule has 0 aliphatic heterocycles. The molecule has 2 rings (SSSR count). The number of sulfonamides is 1. The standard InChI is InChI=1S/C12H8BrCl3N2O2S/c13-6-1-2-12(10(17)3-6)21(19,20)18-11-5-8(15)7(14)4-9(11)16/h1-5,18H,17H2. The third kappa shape index (κ3) is 3.76. The predicted molar refractivity (Wildman–Crippen MR) is 90.8 cm³/mol. The van der Waals surface area contributed by atoms with Gasteiger partial charge in [0.15, 0.2) is 0 Å². The largest absolute Gasteiger partial charge is 0.398 e. The molecule has 0 saturated carbocycles. The maximum Gasteiger partial charge on any atom is 0.263 e. The van der Waals surface area contributed by atoms with Crippen LogP contribution in [0.3, 0.4) is 0 Å². The van der Waals surface area contributed by atoms with Crippen LogP contribution in [-0.2, 0) is 10.0 Å². The van der Waals surface area contributed by atoms with Gasteiger partial charge in [0.05, 0.1) is 26.4 Å². The number of benzene rings is 2. The minimum atomic E-state index is -3.89. The van der Waals surface area contributed by atoms with Crippen molar-refractivity contribution >= 4 is 72.1 Å². The van der Waals surface area contributed by atoms with Crippen LogP contribution in [0.1, 0.15) is 0 Å². The Bertz CT molecular complexity index is 812. The fraction of sp³-hybridized carbons (Fsp3) is 0. The molecule has 0 aromatic heterocycles. The molecule has 0 spiro atoms. The van der Waals surface area contributed by atoms with E-state index in [1.54, 1.807) is 6.07 Å². The first-order chi connectivity index (χ1) is 9.70. The molecule has 112 valence electrons. The second-order valence-electron chi connectivity index (χ2n) is 4.03. The Morgan fingerprint density at radius 3 is 2.24 bits per heavy atom. The van der Waals surface area contributed by atoms with Crippen LogP contribution in [0.5, 0.6) is 0 Å². The van der Waals surface area contributed by atoms with E-state index >= 15 is 0 Å².